The van der Waals surface area contributed by atoms with Crippen LogP contribution in [0.15, 0.2) is 22.6 Å². The SMILES string of the molecule is CCOC(=O)n1c(=S)oc2cc(Cl)ccc21. The summed E-state index contributed by atoms with van der Waals surface area (Å²) in [6, 6.07) is 4.92. The first-order chi connectivity index (χ1) is 7.63. The molecule has 0 atom stereocenters. The third-order valence-electron chi connectivity index (χ3n) is 1.99. The van der Waals surface area contributed by atoms with Crippen LogP contribution in [-0.2, 0) is 4.74 Å². The third kappa shape index (κ3) is 1.83. The van der Waals surface area contributed by atoms with Crippen LogP contribution in [0.4, 0.5) is 4.79 Å². The number of aromatic nitrogens is 1. The summed E-state index contributed by atoms with van der Waals surface area (Å²) >= 11 is 10.7. The second-order valence-electron chi connectivity index (χ2n) is 3.01. The van der Waals surface area contributed by atoms with Gasteiger partial charge in [0.05, 0.1) is 12.1 Å². The van der Waals surface area contributed by atoms with Crippen LogP contribution in [0.2, 0.25) is 5.02 Å². The summed E-state index contributed by atoms with van der Waals surface area (Å²) in [5.74, 6) is 0. The molecule has 84 valence electrons. The Labute approximate surface area is 101 Å². The molecule has 0 radical (unpaired) electrons. The van der Waals surface area contributed by atoms with E-state index in [4.69, 9.17) is 33.0 Å². The molecule has 0 saturated carbocycles. The molecular formula is C10H8ClNO3S. The molecule has 2 aromatic rings. The number of halogens is 1. The van der Waals surface area contributed by atoms with Crippen LogP contribution in [0.25, 0.3) is 11.1 Å². The van der Waals surface area contributed by atoms with Gasteiger partial charge in [-0.1, -0.05) is 11.6 Å². The number of hydrogen-bond donors (Lipinski definition) is 0. The summed E-state index contributed by atoms with van der Waals surface area (Å²) in [5.41, 5.74) is 1.01. The maximum absolute atomic E-state index is 11.6. The van der Waals surface area contributed by atoms with E-state index in [-0.39, 0.29) is 11.4 Å². The molecular weight excluding hydrogens is 250 g/mol. The number of hydrogen-bond acceptors (Lipinski definition) is 4. The fraction of sp³-hybridized carbons (Fsp3) is 0.200. The van der Waals surface area contributed by atoms with E-state index in [2.05, 4.69) is 0 Å². The van der Waals surface area contributed by atoms with Gasteiger partial charge in [0.1, 0.15) is 0 Å². The summed E-state index contributed by atoms with van der Waals surface area (Å²) in [6.45, 7) is 2.00. The summed E-state index contributed by atoms with van der Waals surface area (Å²) in [7, 11) is 0. The second kappa shape index (κ2) is 4.27. The molecule has 0 spiro atoms. The van der Waals surface area contributed by atoms with Crippen molar-refractivity contribution in [2.24, 2.45) is 0 Å². The Morgan fingerprint density at radius 1 is 1.62 bits per heavy atom. The Morgan fingerprint density at radius 2 is 2.38 bits per heavy atom. The zero-order valence-electron chi connectivity index (χ0n) is 8.40. The molecule has 0 fully saturated rings. The van der Waals surface area contributed by atoms with Gasteiger partial charge in [0.25, 0.3) is 4.84 Å². The van der Waals surface area contributed by atoms with E-state index >= 15 is 0 Å². The molecule has 0 amide bonds. The molecule has 0 N–H and O–H groups in total. The summed E-state index contributed by atoms with van der Waals surface area (Å²) < 4.78 is 11.3. The molecule has 1 aromatic carbocycles. The van der Waals surface area contributed by atoms with Crippen molar-refractivity contribution in [2.45, 2.75) is 6.92 Å². The van der Waals surface area contributed by atoms with Crippen molar-refractivity contribution in [3.05, 3.63) is 28.1 Å². The van der Waals surface area contributed by atoms with Crippen molar-refractivity contribution >= 4 is 41.0 Å². The molecule has 0 aliphatic heterocycles. The Bertz CT molecular complexity index is 602. The van der Waals surface area contributed by atoms with Gasteiger partial charge < -0.3 is 9.15 Å². The molecule has 0 aliphatic rings. The van der Waals surface area contributed by atoms with Crippen LogP contribution in [0.1, 0.15) is 6.92 Å². The predicted octanol–water partition coefficient (Wildman–Crippen LogP) is 3.62. The molecule has 2 rings (SSSR count). The van der Waals surface area contributed by atoms with E-state index in [0.29, 0.717) is 16.1 Å². The molecule has 1 heterocycles. The van der Waals surface area contributed by atoms with Crippen LogP contribution < -0.4 is 0 Å². The normalized spacial score (nSPS) is 10.6. The average Bonchev–Trinajstić information content (AvgIpc) is 2.53. The van der Waals surface area contributed by atoms with Crippen molar-refractivity contribution < 1.29 is 13.9 Å². The lowest BCUT2D eigenvalue weighted by atomic mass is 10.3. The number of ether oxygens (including phenoxy) is 1. The summed E-state index contributed by atoms with van der Waals surface area (Å²) in [6.07, 6.45) is -0.548. The topological polar surface area (TPSA) is 44.4 Å². The number of nitrogens with zero attached hydrogens (tertiary/aromatic N) is 1. The van der Waals surface area contributed by atoms with Crippen molar-refractivity contribution in [1.29, 1.82) is 0 Å². The zero-order valence-corrected chi connectivity index (χ0v) is 9.97. The highest BCUT2D eigenvalue weighted by Crippen LogP contribution is 2.21. The second-order valence-corrected chi connectivity index (χ2v) is 3.80. The van der Waals surface area contributed by atoms with Gasteiger partial charge in [-0.05, 0) is 31.3 Å². The van der Waals surface area contributed by atoms with Crippen LogP contribution in [0.3, 0.4) is 0 Å². The molecule has 0 aliphatic carbocycles. The minimum atomic E-state index is -0.548. The predicted molar refractivity (Wildman–Crippen MR) is 62.5 cm³/mol. The van der Waals surface area contributed by atoms with Crippen LogP contribution in [0, 0.1) is 4.84 Å². The molecule has 1 aromatic heterocycles. The van der Waals surface area contributed by atoms with Gasteiger partial charge in [-0.25, -0.2) is 9.36 Å². The smallest absolute Gasteiger partial charge is 0.422 e. The average molecular weight is 258 g/mol. The van der Waals surface area contributed by atoms with Gasteiger partial charge in [0.15, 0.2) is 5.58 Å². The fourth-order valence-electron chi connectivity index (χ4n) is 1.35. The van der Waals surface area contributed by atoms with E-state index in [1.807, 2.05) is 0 Å². The van der Waals surface area contributed by atoms with E-state index in [1.165, 1.54) is 4.57 Å². The Balaban J connectivity index is 2.65. The largest absolute Gasteiger partial charge is 0.449 e. The monoisotopic (exact) mass is 257 g/mol. The first-order valence-corrected chi connectivity index (χ1v) is 5.40. The molecule has 16 heavy (non-hydrogen) atoms. The van der Waals surface area contributed by atoms with E-state index in [0.717, 1.165) is 0 Å². The zero-order chi connectivity index (χ0) is 11.7. The van der Waals surface area contributed by atoms with Gasteiger partial charge in [0, 0.05) is 11.1 Å². The number of carbonyl (C=O) groups excluding carboxylic acids is 1. The van der Waals surface area contributed by atoms with Gasteiger partial charge in [0.2, 0.25) is 0 Å². The van der Waals surface area contributed by atoms with E-state index in [1.54, 1.807) is 25.1 Å². The van der Waals surface area contributed by atoms with Crippen molar-refractivity contribution in [2.75, 3.05) is 6.61 Å². The lowest BCUT2D eigenvalue weighted by molar-refractivity contribution is 0.153. The minimum absolute atomic E-state index is 0.0516. The number of carbonyl (C=O) groups is 1. The highest BCUT2D eigenvalue weighted by molar-refractivity contribution is 7.71. The summed E-state index contributed by atoms with van der Waals surface area (Å²) in [5, 5.41) is 0.521. The standard InChI is InChI=1S/C10H8ClNO3S/c1-2-14-9(13)12-7-4-3-6(11)5-8(7)15-10(12)16/h3-5H,2H2,1H3. The van der Waals surface area contributed by atoms with Gasteiger partial charge in [-0.3, -0.25) is 0 Å². The van der Waals surface area contributed by atoms with Gasteiger partial charge in [-0.15, -0.1) is 0 Å². The molecule has 0 bridgehead atoms. The van der Waals surface area contributed by atoms with E-state index < -0.39 is 6.09 Å². The highest BCUT2D eigenvalue weighted by atomic mass is 35.5. The lowest BCUT2D eigenvalue weighted by Gasteiger charge is -2.01. The third-order valence-corrected chi connectivity index (χ3v) is 2.49. The fourth-order valence-corrected chi connectivity index (χ4v) is 1.78. The maximum Gasteiger partial charge on any atom is 0.422 e. The maximum atomic E-state index is 11.6. The van der Waals surface area contributed by atoms with Crippen LogP contribution in [-0.4, -0.2) is 17.3 Å². The van der Waals surface area contributed by atoms with Crippen molar-refractivity contribution in [3.63, 3.8) is 0 Å². The number of oxazole rings is 1. The van der Waals surface area contributed by atoms with Crippen LogP contribution >= 0.6 is 23.8 Å². The molecule has 6 heteroatoms. The number of benzene rings is 1. The quantitative estimate of drug-likeness (QED) is 0.732. The van der Waals surface area contributed by atoms with Gasteiger partial charge in [-0.2, -0.15) is 0 Å². The molecule has 0 unspecified atom stereocenters. The highest BCUT2D eigenvalue weighted by Gasteiger charge is 2.14. The Hall–Kier alpha value is -1.33. The minimum Gasteiger partial charge on any atom is -0.449 e. The number of fused-ring (bicyclic) bond motifs is 1. The van der Waals surface area contributed by atoms with E-state index in [9.17, 15) is 4.79 Å². The first-order valence-electron chi connectivity index (χ1n) is 4.61. The lowest BCUT2D eigenvalue weighted by Crippen LogP contribution is -2.13. The van der Waals surface area contributed by atoms with Crippen molar-refractivity contribution in [1.82, 2.24) is 4.57 Å². The number of rotatable bonds is 1. The Kier molecular flexibility index (Phi) is 2.98. The molecule has 4 nitrogen and oxygen atoms in total. The van der Waals surface area contributed by atoms with Crippen molar-refractivity contribution in [3.8, 4) is 0 Å². The summed E-state index contributed by atoms with van der Waals surface area (Å²) in [4.78, 5) is 11.7. The van der Waals surface area contributed by atoms with Crippen LogP contribution in [0.5, 0.6) is 0 Å². The Morgan fingerprint density at radius 3 is 3.06 bits per heavy atom. The first kappa shape index (κ1) is 11.2. The van der Waals surface area contributed by atoms with Gasteiger partial charge >= 0.3 is 6.09 Å². The molecule has 0 saturated heterocycles.